The number of carbonyl (C=O) groups excluding carboxylic acids is 3. The first kappa shape index (κ1) is 18.5. The fourth-order valence-electron chi connectivity index (χ4n) is 1.79. The molecule has 126 valence electrons. The summed E-state index contributed by atoms with van der Waals surface area (Å²) >= 11 is 0. The number of Topliss-reactive ketones (excluding diaryl/α,β-unsaturated/α-hetero) is 1. The van der Waals surface area contributed by atoms with Crippen molar-refractivity contribution in [2.24, 2.45) is 0 Å². The number of phenols is 1. The van der Waals surface area contributed by atoms with Crippen LogP contribution in [0.4, 0.5) is 0 Å². The average Bonchev–Trinajstić information content (AvgIpc) is 2.53. The molecule has 1 aromatic carbocycles. The fraction of sp³-hybridized carbons (Fsp3) is 0.438. The summed E-state index contributed by atoms with van der Waals surface area (Å²) in [7, 11) is 0. The molecule has 0 aliphatic rings. The van der Waals surface area contributed by atoms with E-state index in [0.717, 1.165) is 0 Å². The Morgan fingerprint density at radius 1 is 1.17 bits per heavy atom. The number of hydrogen-bond donors (Lipinski definition) is 2. The van der Waals surface area contributed by atoms with E-state index in [2.05, 4.69) is 5.32 Å². The van der Waals surface area contributed by atoms with Crippen LogP contribution in [-0.2, 0) is 14.3 Å². The second kappa shape index (κ2) is 9.45. The first-order valence-electron chi connectivity index (χ1n) is 7.39. The highest BCUT2D eigenvalue weighted by atomic mass is 16.5. The Morgan fingerprint density at radius 3 is 2.57 bits per heavy atom. The lowest BCUT2D eigenvalue weighted by Crippen LogP contribution is -2.28. The zero-order valence-electron chi connectivity index (χ0n) is 13.3. The van der Waals surface area contributed by atoms with Gasteiger partial charge in [-0.25, -0.2) is 0 Å². The summed E-state index contributed by atoms with van der Waals surface area (Å²) in [5, 5.41) is 12.1. The number of aromatic hydroxyl groups is 1. The molecule has 2 N–H and O–H groups in total. The lowest BCUT2D eigenvalue weighted by Gasteiger charge is -2.08. The Balaban J connectivity index is 2.48. The van der Waals surface area contributed by atoms with Crippen molar-refractivity contribution >= 4 is 17.7 Å². The number of likely N-dealkylation sites (N-methyl/N-ethyl adjacent to an activating group) is 1. The number of rotatable bonds is 9. The van der Waals surface area contributed by atoms with Gasteiger partial charge in [-0.2, -0.15) is 0 Å². The molecule has 0 spiro atoms. The summed E-state index contributed by atoms with van der Waals surface area (Å²) in [6.45, 7) is 3.98. The van der Waals surface area contributed by atoms with E-state index in [4.69, 9.17) is 9.47 Å². The van der Waals surface area contributed by atoms with E-state index < -0.39 is 5.97 Å². The Labute approximate surface area is 134 Å². The van der Waals surface area contributed by atoms with Crippen molar-refractivity contribution in [1.29, 1.82) is 0 Å². The van der Waals surface area contributed by atoms with Crippen LogP contribution < -0.4 is 10.1 Å². The predicted octanol–water partition coefficient (Wildman–Crippen LogP) is 1.43. The maximum Gasteiger partial charge on any atom is 0.306 e. The summed E-state index contributed by atoms with van der Waals surface area (Å²) in [6.07, 6.45) is -0.173. The first-order chi connectivity index (χ1) is 11.0. The normalized spacial score (nSPS) is 10.0. The number of ketones is 1. The number of hydrogen-bond acceptors (Lipinski definition) is 6. The molecule has 0 saturated heterocycles. The van der Waals surface area contributed by atoms with Crippen LogP contribution in [0.25, 0.3) is 0 Å². The standard InChI is InChI=1S/C16H21NO6/c1-3-17-15(20)10-23-16(21)8-7-12(18)11-5-6-13(19)14(9-11)22-4-2/h5-6,9,19H,3-4,7-8,10H2,1-2H3,(H,17,20). The summed E-state index contributed by atoms with van der Waals surface area (Å²) in [6, 6.07) is 4.26. The van der Waals surface area contributed by atoms with Gasteiger partial charge in [-0.3, -0.25) is 14.4 Å². The van der Waals surface area contributed by atoms with E-state index >= 15 is 0 Å². The highest BCUT2D eigenvalue weighted by Crippen LogP contribution is 2.27. The number of carbonyl (C=O) groups is 3. The van der Waals surface area contributed by atoms with E-state index in [1.807, 2.05) is 0 Å². The fourth-order valence-corrected chi connectivity index (χ4v) is 1.79. The third kappa shape index (κ3) is 6.37. The number of phenolic OH excluding ortho intramolecular Hbond substituents is 1. The van der Waals surface area contributed by atoms with Gasteiger partial charge in [0, 0.05) is 18.5 Å². The third-order valence-electron chi connectivity index (χ3n) is 2.88. The van der Waals surface area contributed by atoms with Crippen LogP contribution in [0.1, 0.15) is 37.0 Å². The minimum atomic E-state index is -0.617. The number of nitrogens with one attached hydrogen (secondary N) is 1. The molecule has 1 rings (SSSR count). The number of esters is 1. The molecule has 0 bridgehead atoms. The molecule has 0 saturated carbocycles. The van der Waals surface area contributed by atoms with Gasteiger partial charge >= 0.3 is 5.97 Å². The van der Waals surface area contributed by atoms with E-state index in [-0.39, 0.29) is 42.6 Å². The van der Waals surface area contributed by atoms with Gasteiger partial charge in [0.15, 0.2) is 23.9 Å². The SMILES string of the molecule is CCNC(=O)COC(=O)CCC(=O)c1ccc(O)c(OCC)c1. The summed E-state index contributed by atoms with van der Waals surface area (Å²) in [5.74, 6) is -1.11. The van der Waals surface area contributed by atoms with Gasteiger partial charge in [0.25, 0.3) is 5.91 Å². The molecule has 0 heterocycles. The number of amides is 1. The minimum Gasteiger partial charge on any atom is -0.504 e. The molecule has 7 nitrogen and oxygen atoms in total. The van der Waals surface area contributed by atoms with E-state index in [9.17, 15) is 19.5 Å². The highest BCUT2D eigenvalue weighted by Gasteiger charge is 2.13. The molecule has 7 heteroatoms. The van der Waals surface area contributed by atoms with Crippen LogP contribution in [0, 0.1) is 0 Å². The Kier molecular flexibility index (Phi) is 7.59. The van der Waals surface area contributed by atoms with Gasteiger partial charge in [0.05, 0.1) is 13.0 Å². The van der Waals surface area contributed by atoms with E-state index in [0.29, 0.717) is 18.7 Å². The zero-order valence-corrected chi connectivity index (χ0v) is 13.3. The molecular formula is C16H21NO6. The van der Waals surface area contributed by atoms with Gasteiger partial charge < -0.3 is 19.9 Å². The van der Waals surface area contributed by atoms with Gasteiger partial charge in [0.2, 0.25) is 0 Å². The molecular weight excluding hydrogens is 302 g/mol. The molecule has 23 heavy (non-hydrogen) atoms. The summed E-state index contributed by atoms with van der Waals surface area (Å²) in [5.41, 5.74) is 0.336. The highest BCUT2D eigenvalue weighted by molar-refractivity contribution is 5.98. The molecule has 0 atom stereocenters. The Morgan fingerprint density at radius 2 is 1.91 bits per heavy atom. The van der Waals surface area contributed by atoms with Gasteiger partial charge in [0.1, 0.15) is 0 Å². The number of benzene rings is 1. The van der Waals surface area contributed by atoms with Crippen LogP contribution in [0.15, 0.2) is 18.2 Å². The molecule has 1 amide bonds. The Hall–Kier alpha value is -2.57. The molecule has 1 aromatic rings. The average molecular weight is 323 g/mol. The maximum atomic E-state index is 12.0. The minimum absolute atomic E-state index is 0.0510. The second-order valence-corrected chi connectivity index (χ2v) is 4.65. The number of ether oxygens (including phenoxy) is 2. The van der Waals surface area contributed by atoms with Crippen molar-refractivity contribution in [3.8, 4) is 11.5 Å². The van der Waals surface area contributed by atoms with Crippen LogP contribution >= 0.6 is 0 Å². The smallest absolute Gasteiger partial charge is 0.306 e. The van der Waals surface area contributed by atoms with Crippen LogP contribution in [0.5, 0.6) is 11.5 Å². The first-order valence-corrected chi connectivity index (χ1v) is 7.39. The summed E-state index contributed by atoms with van der Waals surface area (Å²) < 4.78 is 9.96. The van der Waals surface area contributed by atoms with Crippen molar-refractivity contribution in [3.63, 3.8) is 0 Å². The summed E-state index contributed by atoms with van der Waals surface area (Å²) in [4.78, 5) is 34.7. The van der Waals surface area contributed by atoms with Crippen LogP contribution in [0.3, 0.4) is 0 Å². The molecule has 0 aliphatic carbocycles. The second-order valence-electron chi connectivity index (χ2n) is 4.65. The maximum absolute atomic E-state index is 12.0. The monoisotopic (exact) mass is 323 g/mol. The van der Waals surface area contributed by atoms with Crippen LogP contribution in [0.2, 0.25) is 0 Å². The molecule has 0 radical (unpaired) electrons. The molecule has 0 aromatic heterocycles. The molecule has 0 unspecified atom stereocenters. The van der Waals surface area contributed by atoms with Crippen molar-refractivity contribution in [1.82, 2.24) is 5.32 Å². The predicted molar refractivity (Wildman–Crippen MR) is 82.5 cm³/mol. The van der Waals surface area contributed by atoms with Gasteiger partial charge in [-0.05, 0) is 32.0 Å². The van der Waals surface area contributed by atoms with E-state index in [1.165, 1.54) is 18.2 Å². The lowest BCUT2D eigenvalue weighted by atomic mass is 10.1. The van der Waals surface area contributed by atoms with Crippen LogP contribution in [-0.4, -0.2) is 42.5 Å². The van der Waals surface area contributed by atoms with Crippen molar-refractivity contribution in [3.05, 3.63) is 23.8 Å². The molecule has 0 aliphatic heterocycles. The van der Waals surface area contributed by atoms with E-state index in [1.54, 1.807) is 13.8 Å². The van der Waals surface area contributed by atoms with Gasteiger partial charge in [-0.1, -0.05) is 0 Å². The third-order valence-corrected chi connectivity index (χ3v) is 2.88. The van der Waals surface area contributed by atoms with Gasteiger partial charge in [-0.15, -0.1) is 0 Å². The van der Waals surface area contributed by atoms with Crippen molar-refractivity contribution in [2.45, 2.75) is 26.7 Å². The molecule has 0 fully saturated rings. The topological polar surface area (TPSA) is 102 Å². The quantitative estimate of drug-likeness (QED) is 0.526. The zero-order chi connectivity index (χ0) is 17.2. The Bertz CT molecular complexity index is 570. The lowest BCUT2D eigenvalue weighted by molar-refractivity contribution is -0.148. The van der Waals surface area contributed by atoms with Crippen molar-refractivity contribution < 1.29 is 29.0 Å². The van der Waals surface area contributed by atoms with Crippen molar-refractivity contribution in [2.75, 3.05) is 19.8 Å². The largest absolute Gasteiger partial charge is 0.504 e.